The number of likely N-dealkylation sites (N-methyl/N-ethyl adjacent to an activating group) is 1. The van der Waals surface area contributed by atoms with Crippen LogP contribution in [0.1, 0.15) is 10.4 Å². The van der Waals surface area contributed by atoms with Gasteiger partial charge in [-0.05, 0) is 48.2 Å². The molecule has 8 nitrogen and oxygen atoms in total. The Morgan fingerprint density at radius 1 is 1.27 bits per heavy atom. The average molecular weight is 465 g/mol. The van der Waals surface area contributed by atoms with E-state index in [0.29, 0.717) is 28.0 Å². The van der Waals surface area contributed by atoms with Gasteiger partial charge in [0.2, 0.25) is 5.91 Å². The van der Waals surface area contributed by atoms with E-state index in [1.54, 1.807) is 49.5 Å². The summed E-state index contributed by atoms with van der Waals surface area (Å²) in [6.07, 6.45) is 0. The van der Waals surface area contributed by atoms with Crippen molar-refractivity contribution < 1.29 is 18.0 Å². The maximum Gasteiger partial charge on any atom is 0.257 e. The Morgan fingerprint density at radius 3 is 2.83 bits per heavy atom. The summed E-state index contributed by atoms with van der Waals surface area (Å²) >= 11 is 7.13. The summed E-state index contributed by atoms with van der Waals surface area (Å²) in [5.41, 5.74) is 1.78. The fourth-order valence-electron chi connectivity index (χ4n) is 3.14. The van der Waals surface area contributed by atoms with Crippen LogP contribution in [-0.2, 0) is 14.8 Å². The zero-order valence-electron chi connectivity index (χ0n) is 15.8. The lowest BCUT2D eigenvalue weighted by atomic mass is 10.1. The molecule has 156 valence electrons. The topological polar surface area (TPSA) is 99.1 Å². The van der Waals surface area contributed by atoms with Crippen molar-refractivity contribution in [2.75, 3.05) is 36.1 Å². The number of carbonyl (C=O) groups excluding carboxylic acids is 2. The van der Waals surface area contributed by atoms with E-state index in [-0.39, 0.29) is 24.1 Å². The Labute approximate surface area is 183 Å². The molecule has 11 heteroatoms. The van der Waals surface area contributed by atoms with Crippen molar-refractivity contribution in [1.29, 1.82) is 0 Å². The van der Waals surface area contributed by atoms with Crippen LogP contribution in [0, 0.1) is 0 Å². The highest BCUT2D eigenvalue weighted by molar-refractivity contribution is 8.15. The molecule has 2 aromatic carbocycles. The third kappa shape index (κ3) is 4.30. The predicted octanol–water partition coefficient (Wildman–Crippen LogP) is 2.66. The van der Waals surface area contributed by atoms with Gasteiger partial charge in [-0.15, -0.1) is 4.40 Å². The van der Waals surface area contributed by atoms with Gasteiger partial charge in [-0.25, -0.2) is 8.42 Å². The SMILES string of the molecule is CN(CC(=O)Nc1cccc(Cl)c1)C(=O)c1ccc2c(c1)SC1=NS(=O)(=O)CCN12. The molecule has 0 spiro atoms. The van der Waals surface area contributed by atoms with Crippen molar-refractivity contribution in [3.05, 3.63) is 53.1 Å². The van der Waals surface area contributed by atoms with E-state index >= 15 is 0 Å². The molecule has 2 heterocycles. The number of hydrogen-bond acceptors (Lipinski definition) is 6. The first kappa shape index (κ1) is 20.7. The second-order valence-electron chi connectivity index (χ2n) is 6.82. The van der Waals surface area contributed by atoms with Crippen molar-refractivity contribution in [1.82, 2.24) is 4.90 Å². The minimum atomic E-state index is -3.44. The number of amides is 2. The first-order valence-corrected chi connectivity index (χ1v) is 11.8. The molecule has 2 aromatic rings. The van der Waals surface area contributed by atoms with Crippen LogP contribution in [0.4, 0.5) is 11.4 Å². The molecular weight excluding hydrogens is 448 g/mol. The normalized spacial score (nSPS) is 16.3. The number of thioether (sulfide) groups is 1. The molecule has 0 atom stereocenters. The Morgan fingerprint density at radius 2 is 2.07 bits per heavy atom. The Bertz CT molecular complexity index is 1180. The lowest BCUT2D eigenvalue weighted by molar-refractivity contribution is -0.116. The average Bonchev–Trinajstić information content (AvgIpc) is 3.02. The number of anilines is 2. The molecule has 2 amide bonds. The number of nitrogens with zero attached hydrogens (tertiary/aromatic N) is 3. The van der Waals surface area contributed by atoms with E-state index in [0.717, 1.165) is 10.6 Å². The fourth-order valence-corrected chi connectivity index (χ4v) is 5.62. The highest BCUT2D eigenvalue weighted by atomic mass is 35.5. The summed E-state index contributed by atoms with van der Waals surface area (Å²) < 4.78 is 27.3. The minimum absolute atomic E-state index is 0.0400. The van der Waals surface area contributed by atoms with Crippen molar-refractivity contribution >= 4 is 61.7 Å². The van der Waals surface area contributed by atoms with Gasteiger partial charge in [0.15, 0.2) is 5.17 Å². The molecule has 0 unspecified atom stereocenters. The molecule has 0 radical (unpaired) electrons. The van der Waals surface area contributed by atoms with Gasteiger partial charge in [0.1, 0.15) is 0 Å². The van der Waals surface area contributed by atoms with Crippen LogP contribution in [0.5, 0.6) is 0 Å². The van der Waals surface area contributed by atoms with Crippen molar-refractivity contribution in [2.24, 2.45) is 4.40 Å². The second-order valence-corrected chi connectivity index (χ2v) is 10.0. The molecule has 30 heavy (non-hydrogen) atoms. The van der Waals surface area contributed by atoms with Crippen LogP contribution in [-0.4, -0.2) is 56.2 Å². The van der Waals surface area contributed by atoms with Crippen LogP contribution in [0.25, 0.3) is 0 Å². The second kappa shape index (κ2) is 7.93. The number of halogens is 1. The molecule has 2 aliphatic rings. The summed E-state index contributed by atoms with van der Waals surface area (Å²) in [6.45, 7) is 0.199. The van der Waals surface area contributed by atoms with Crippen LogP contribution in [0.2, 0.25) is 5.02 Å². The number of carbonyl (C=O) groups is 2. The van der Waals surface area contributed by atoms with E-state index in [1.165, 1.54) is 16.7 Å². The number of nitrogens with one attached hydrogen (secondary N) is 1. The Balaban J connectivity index is 1.45. The zero-order valence-corrected chi connectivity index (χ0v) is 18.2. The van der Waals surface area contributed by atoms with Gasteiger partial charge in [0.25, 0.3) is 15.9 Å². The molecule has 0 fully saturated rings. The minimum Gasteiger partial charge on any atom is -0.332 e. The maximum atomic E-state index is 12.8. The van der Waals surface area contributed by atoms with Gasteiger partial charge in [-0.1, -0.05) is 17.7 Å². The van der Waals surface area contributed by atoms with Crippen LogP contribution in [0.15, 0.2) is 51.8 Å². The molecule has 0 bridgehead atoms. The lowest BCUT2D eigenvalue weighted by Gasteiger charge is -2.22. The summed E-state index contributed by atoms with van der Waals surface area (Å²) in [5, 5.41) is 3.60. The number of amidine groups is 1. The summed E-state index contributed by atoms with van der Waals surface area (Å²) in [4.78, 5) is 28.9. The quantitative estimate of drug-likeness (QED) is 0.746. The first-order valence-electron chi connectivity index (χ1n) is 8.95. The number of hydrogen-bond donors (Lipinski definition) is 1. The molecule has 0 saturated carbocycles. The third-order valence-corrected chi connectivity index (χ3v) is 7.10. The van der Waals surface area contributed by atoms with Gasteiger partial charge in [-0.3, -0.25) is 9.59 Å². The van der Waals surface area contributed by atoms with E-state index < -0.39 is 10.0 Å². The van der Waals surface area contributed by atoms with E-state index in [1.807, 2.05) is 4.90 Å². The van der Waals surface area contributed by atoms with Crippen molar-refractivity contribution in [2.45, 2.75) is 4.90 Å². The van der Waals surface area contributed by atoms with Crippen molar-refractivity contribution in [3.63, 3.8) is 0 Å². The first-order chi connectivity index (χ1) is 14.2. The summed E-state index contributed by atoms with van der Waals surface area (Å²) in [7, 11) is -1.90. The van der Waals surface area contributed by atoms with Gasteiger partial charge >= 0.3 is 0 Å². The number of fused-ring (bicyclic) bond motifs is 3. The van der Waals surface area contributed by atoms with E-state index in [9.17, 15) is 18.0 Å². The van der Waals surface area contributed by atoms with Crippen LogP contribution < -0.4 is 10.2 Å². The number of rotatable bonds is 4. The molecule has 0 aliphatic carbocycles. The smallest absolute Gasteiger partial charge is 0.257 e. The van der Waals surface area contributed by atoms with Gasteiger partial charge < -0.3 is 15.1 Å². The Hall–Kier alpha value is -2.56. The monoisotopic (exact) mass is 464 g/mol. The standard InChI is InChI=1S/C19H17ClN4O4S2/c1-23(11-17(25)21-14-4-2-3-13(20)10-14)18(26)12-5-6-15-16(9-12)29-19-22-30(27,28)8-7-24(15)19/h2-6,9-10H,7-8,11H2,1H3,(H,21,25). The maximum absolute atomic E-state index is 12.8. The number of benzene rings is 2. The fraction of sp³-hybridized carbons (Fsp3) is 0.211. The van der Waals surface area contributed by atoms with Gasteiger partial charge in [0, 0.05) is 34.8 Å². The molecular formula is C19H17ClN4O4S2. The molecule has 4 rings (SSSR count). The van der Waals surface area contributed by atoms with Crippen LogP contribution >= 0.6 is 23.4 Å². The number of sulfonamides is 1. The summed E-state index contributed by atoms with van der Waals surface area (Å²) in [5.74, 6) is -0.707. The van der Waals surface area contributed by atoms with Gasteiger partial charge in [-0.2, -0.15) is 0 Å². The van der Waals surface area contributed by atoms with Crippen molar-refractivity contribution in [3.8, 4) is 0 Å². The highest BCUT2D eigenvalue weighted by Crippen LogP contribution is 2.42. The zero-order chi connectivity index (χ0) is 21.5. The lowest BCUT2D eigenvalue weighted by Crippen LogP contribution is -2.35. The van der Waals surface area contributed by atoms with E-state index in [2.05, 4.69) is 9.71 Å². The van der Waals surface area contributed by atoms with Gasteiger partial charge in [0.05, 0.1) is 18.0 Å². The van der Waals surface area contributed by atoms with E-state index in [4.69, 9.17) is 11.6 Å². The largest absolute Gasteiger partial charge is 0.332 e. The molecule has 2 aliphatic heterocycles. The molecule has 0 aromatic heterocycles. The molecule has 0 saturated heterocycles. The Kier molecular flexibility index (Phi) is 5.48. The molecule has 1 N–H and O–H groups in total. The third-order valence-electron chi connectivity index (χ3n) is 4.56. The highest BCUT2D eigenvalue weighted by Gasteiger charge is 2.33. The summed E-state index contributed by atoms with van der Waals surface area (Å²) in [6, 6.07) is 11.9. The predicted molar refractivity (Wildman–Crippen MR) is 118 cm³/mol. The van der Waals surface area contributed by atoms with Crippen LogP contribution in [0.3, 0.4) is 0 Å².